The van der Waals surface area contributed by atoms with Crippen LogP contribution < -0.4 is 5.73 Å². The zero-order valence-corrected chi connectivity index (χ0v) is 10.6. The highest BCUT2D eigenvalue weighted by molar-refractivity contribution is 5.81. The average molecular weight is 265 g/mol. The molecule has 0 spiro atoms. The lowest BCUT2D eigenvalue weighted by atomic mass is 10.1. The number of alkyl halides is 2. The van der Waals surface area contributed by atoms with Gasteiger partial charge in [0.05, 0.1) is 12.1 Å². The number of fused-ring (bicyclic) bond motifs is 1. The van der Waals surface area contributed by atoms with Crippen LogP contribution in [0.4, 0.5) is 8.78 Å². The summed E-state index contributed by atoms with van der Waals surface area (Å²) in [5, 5.41) is 1.00. The second-order valence-corrected chi connectivity index (χ2v) is 4.40. The van der Waals surface area contributed by atoms with Gasteiger partial charge in [-0.15, -0.1) is 0 Å². The second kappa shape index (κ2) is 6.54. The van der Waals surface area contributed by atoms with Crippen molar-refractivity contribution in [2.45, 2.75) is 13.0 Å². The quantitative estimate of drug-likeness (QED) is 0.871. The van der Waals surface area contributed by atoms with Gasteiger partial charge in [0.2, 0.25) is 0 Å². The molecule has 0 saturated heterocycles. The summed E-state index contributed by atoms with van der Waals surface area (Å²) in [5.74, 6) is 0. The maximum atomic E-state index is 12.5. The van der Waals surface area contributed by atoms with Gasteiger partial charge < -0.3 is 5.73 Å². The van der Waals surface area contributed by atoms with Gasteiger partial charge in [-0.2, -0.15) is 0 Å². The van der Waals surface area contributed by atoms with E-state index in [1.54, 1.807) is 11.1 Å². The van der Waals surface area contributed by atoms with E-state index in [-0.39, 0.29) is 6.54 Å². The summed E-state index contributed by atoms with van der Waals surface area (Å²) in [6.45, 7) is 1.04. The Kier molecular flexibility index (Phi) is 4.76. The van der Waals surface area contributed by atoms with Gasteiger partial charge >= 0.3 is 0 Å². The van der Waals surface area contributed by atoms with E-state index in [4.69, 9.17) is 5.73 Å². The molecule has 0 aliphatic rings. The molecular formula is C14H17F2N3. The lowest BCUT2D eigenvalue weighted by Gasteiger charge is -2.21. The molecule has 0 fully saturated rings. The molecule has 2 N–H and O–H groups in total. The number of benzene rings is 1. The van der Waals surface area contributed by atoms with E-state index in [2.05, 4.69) is 4.98 Å². The van der Waals surface area contributed by atoms with Gasteiger partial charge in [0.25, 0.3) is 6.43 Å². The van der Waals surface area contributed by atoms with Crippen molar-refractivity contribution >= 4 is 10.9 Å². The van der Waals surface area contributed by atoms with Gasteiger partial charge in [-0.1, -0.05) is 18.2 Å². The van der Waals surface area contributed by atoms with Gasteiger partial charge in [0, 0.05) is 31.2 Å². The average Bonchev–Trinajstić information content (AvgIpc) is 2.39. The number of aromatic nitrogens is 1. The Hall–Kier alpha value is -1.59. The Morgan fingerprint density at radius 1 is 1.21 bits per heavy atom. The first-order valence-electron chi connectivity index (χ1n) is 6.24. The first kappa shape index (κ1) is 13.8. The molecule has 0 radical (unpaired) electrons. The van der Waals surface area contributed by atoms with E-state index in [1.807, 2.05) is 30.3 Å². The fourth-order valence-electron chi connectivity index (χ4n) is 2.15. The Labute approximate surface area is 111 Å². The van der Waals surface area contributed by atoms with Crippen LogP contribution in [0.3, 0.4) is 0 Å². The molecule has 0 bridgehead atoms. The van der Waals surface area contributed by atoms with Crippen LogP contribution in [0, 0.1) is 0 Å². The van der Waals surface area contributed by atoms with Crippen molar-refractivity contribution < 1.29 is 8.78 Å². The molecule has 2 aromatic rings. The predicted molar refractivity (Wildman–Crippen MR) is 72.1 cm³/mol. The Bertz CT molecular complexity index is 526. The molecule has 5 heteroatoms. The molecule has 1 heterocycles. The van der Waals surface area contributed by atoms with Crippen LogP contribution in [-0.2, 0) is 6.54 Å². The van der Waals surface area contributed by atoms with E-state index >= 15 is 0 Å². The van der Waals surface area contributed by atoms with E-state index in [1.165, 1.54) is 0 Å². The van der Waals surface area contributed by atoms with Crippen molar-refractivity contribution in [3.05, 3.63) is 42.1 Å². The van der Waals surface area contributed by atoms with Crippen LogP contribution >= 0.6 is 0 Å². The fourth-order valence-corrected chi connectivity index (χ4v) is 2.15. The number of nitrogens with two attached hydrogens (primary N) is 1. The summed E-state index contributed by atoms with van der Waals surface area (Å²) < 4.78 is 25.1. The minimum absolute atomic E-state index is 0.256. The van der Waals surface area contributed by atoms with Gasteiger partial charge in [-0.05, 0) is 17.7 Å². The lowest BCUT2D eigenvalue weighted by Crippen LogP contribution is -2.33. The minimum atomic E-state index is -2.35. The van der Waals surface area contributed by atoms with Gasteiger partial charge in [0.1, 0.15) is 0 Å². The first-order chi connectivity index (χ1) is 9.20. The summed E-state index contributed by atoms with van der Waals surface area (Å²) in [4.78, 5) is 5.94. The summed E-state index contributed by atoms with van der Waals surface area (Å²) in [6.07, 6.45) is -0.639. The molecule has 0 amide bonds. The number of hydrogen-bond donors (Lipinski definition) is 1. The van der Waals surface area contributed by atoms with Crippen LogP contribution in [0.15, 0.2) is 36.5 Å². The van der Waals surface area contributed by atoms with Gasteiger partial charge in [-0.25, -0.2) is 8.78 Å². The Morgan fingerprint density at radius 2 is 2.00 bits per heavy atom. The zero-order valence-electron chi connectivity index (χ0n) is 10.6. The maximum Gasteiger partial charge on any atom is 0.251 e. The third-order valence-corrected chi connectivity index (χ3v) is 2.97. The van der Waals surface area contributed by atoms with Crippen molar-refractivity contribution in [1.29, 1.82) is 0 Å². The fraction of sp³-hybridized carbons (Fsp3) is 0.357. The molecule has 0 unspecified atom stereocenters. The number of hydrogen-bond acceptors (Lipinski definition) is 3. The SMILES string of the molecule is NCCN(Cc1ccnc2ccccc12)CC(F)F. The Morgan fingerprint density at radius 3 is 2.74 bits per heavy atom. The number of nitrogens with zero attached hydrogens (tertiary/aromatic N) is 2. The molecular weight excluding hydrogens is 248 g/mol. The zero-order chi connectivity index (χ0) is 13.7. The molecule has 102 valence electrons. The molecule has 0 saturated carbocycles. The molecule has 19 heavy (non-hydrogen) atoms. The van der Waals surface area contributed by atoms with Crippen molar-refractivity contribution in [2.75, 3.05) is 19.6 Å². The lowest BCUT2D eigenvalue weighted by molar-refractivity contribution is 0.0864. The standard InChI is InChI=1S/C14H17F2N3/c15-14(16)10-19(8-6-17)9-11-5-7-18-13-4-2-1-3-12(11)13/h1-5,7,14H,6,8-10,17H2. The minimum Gasteiger partial charge on any atom is -0.329 e. The monoisotopic (exact) mass is 265 g/mol. The van der Waals surface area contributed by atoms with Crippen LogP contribution in [0.25, 0.3) is 10.9 Å². The molecule has 3 nitrogen and oxygen atoms in total. The third-order valence-electron chi connectivity index (χ3n) is 2.97. The highest BCUT2D eigenvalue weighted by Crippen LogP contribution is 2.18. The normalized spacial score (nSPS) is 11.6. The number of halogens is 2. The largest absolute Gasteiger partial charge is 0.329 e. The summed E-state index contributed by atoms with van der Waals surface area (Å²) >= 11 is 0. The number of rotatable bonds is 6. The molecule has 0 atom stereocenters. The highest BCUT2D eigenvalue weighted by atomic mass is 19.3. The smallest absolute Gasteiger partial charge is 0.251 e. The Balaban J connectivity index is 2.23. The van der Waals surface area contributed by atoms with Crippen molar-refractivity contribution in [3.63, 3.8) is 0 Å². The van der Waals surface area contributed by atoms with E-state index in [9.17, 15) is 8.78 Å². The summed E-state index contributed by atoms with van der Waals surface area (Å²) in [5.41, 5.74) is 7.35. The van der Waals surface area contributed by atoms with Crippen molar-refractivity contribution in [3.8, 4) is 0 Å². The molecule has 1 aromatic heterocycles. The second-order valence-electron chi connectivity index (χ2n) is 4.40. The van der Waals surface area contributed by atoms with Gasteiger partial charge in [0.15, 0.2) is 0 Å². The van der Waals surface area contributed by atoms with Crippen LogP contribution in [-0.4, -0.2) is 35.9 Å². The van der Waals surface area contributed by atoms with E-state index in [0.717, 1.165) is 16.5 Å². The molecule has 1 aromatic carbocycles. The number of para-hydroxylation sites is 1. The van der Waals surface area contributed by atoms with Crippen LogP contribution in [0.2, 0.25) is 0 Å². The molecule has 0 aliphatic carbocycles. The van der Waals surface area contributed by atoms with Gasteiger partial charge in [-0.3, -0.25) is 9.88 Å². The third kappa shape index (κ3) is 3.68. The molecule has 0 aliphatic heterocycles. The number of pyridine rings is 1. The highest BCUT2D eigenvalue weighted by Gasteiger charge is 2.13. The van der Waals surface area contributed by atoms with Crippen LogP contribution in [0.5, 0.6) is 0 Å². The summed E-state index contributed by atoms with van der Waals surface area (Å²) in [6, 6.07) is 9.58. The summed E-state index contributed by atoms with van der Waals surface area (Å²) in [7, 11) is 0. The van der Waals surface area contributed by atoms with E-state index < -0.39 is 6.43 Å². The van der Waals surface area contributed by atoms with Crippen LogP contribution in [0.1, 0.15) is 5.56 Å². The predicted octanol–water partition coefficient (Wildman–Crippen LogP) is 2.26. The maximum absolute atomic E-state index is 12.5. The van der Waals surface area contributed by atoms with Crippen molar-refractivity contribution in [2.24, 2.45) is 5.73 Å². The van der Waals surface area contributed by atoms with Crippen molar-refractivity contribution in [1.82, 2.24) is 9.88 Å². The van der Waals surface area contributed by atoms with E-state index in [0.29, 0.717) is 19.6 Å². The first-order valence-corrected chi connectivity index (χ1v) is 6.24. The molecule has 2 rings (SSSR count). The topological polar surface area (TPSA) is 42.1 Å².